The van der Waals surface area contributed by atoms with Crippen molar-refractivity contribution in [2.24, 2.45) is 7.05 Å². The van der Waals surface area contributed by atoms with Gasteiger partial charge < -0.3 is 5.32 Å². The van der Waals surface area contributed by atoms with Crippen LogP contribution in [0.2, 0.25) is 0 Å². The summed E-state index contributed by atoms with van der Waals surface area (Å²) in [4.78, 5) is 20.4. The summed E-state index contributed by atoms with van der Waals surface area (Å²) in [5, 5.41) is 8.77. The van der Waals surface area contributed by atoms with Gasteiger partial charge in [0.25, 0.3) is 5.56 Å². The number of aromatic nitrogens is 4. The lowest BCUT2D eigenvalue weighted by Crippen LogP contribution is -2.34. The van der Waals surface area contributed by atoms with E-state index in [0.29, 0.717) is 6.04 Å². The highest BCUT2D eigenvalue weighted by atomic mass is 32.1. The third-order valence-corrected chi connectivity index (χ3v) is 7.93. The molecular weight excluding hydrogens is 406 g/mol. The minimum atomic E-state index is 0.141. The molecule has 1 aromatic carbocycles. The Kier molecular flexibility index (Phi) is 4.54. The number of hydrogen-bond donors (Lipinski definition) is 1. The predicted molar refractivity (Wildman–Crippen MR) is 123 cm³/mol. The first-order chi connectivity index (χ1) is 15.2. The van der Waals surface area contributed by atoms with Crippen molar-refractivity contribution in [1.82, 2.24) is 24.6 Å². The maximum atomic E-state index is 13.5. The first-order valence-corrected chi connectivity index (χ1v) is 11.8. The fraction of sp³-hybridized carbons (Fsp3) is 0.375. The third kappa shape index (κ3) is 3.32. The van der Waals surface area contributed by atoms with Crippen molar-refractivity contribution in [2.75, 3.05) is 0 Å². The van der Waals surface area contributed by atoms with E-state index < -0.39 is 0 Å². The molecule has 7 heteroatoms. The highest BCUT2D eigenvalue weighted by Gasteiger charge is 2.28. The van der Waals surface area contributed by atoms with Crippen LogP contribution in [0.5, 0.6) is 0 Å². The number of fused-ring (bicyclic) bond motifs is 4. The molecule has 1 atom stereocenters. The molecule has 158 valence electrons. The summed E-state index contributed by atoms with van der Waals surface area (Å²) >= 11 is 1.70. The number of benzene rings is 1. The van der Waals surface area contributed by atoms with Gasteiger partial charge in [0.15, 0.2) is 0 Å². The molecule has 0 amide bonds. The Hall–Kier alpha value is -2.77. The van der Waals surface area contributed by atoms with Gasteiger partial charge in [-0.25, -0.2) is 4.98 Å². The molecule has 0 aliphatic heterocycles. The van der Waals surface area contributed by atoms with Crippen LogP contribution in [-0.4, -0.2) is 25.4 Å². The van der Waals surface area contributed by atoms with Gasteiger partial charge in [-0.2, -0.15) is 5.10 Å². The van der Waals surface area contributed by atoms with Gasteiger partial charge in [0, 0.05) is 42.3 Å². The van der Waals surface area contributed by atoms with Crippen LogP contribution in [0.4, 0.5) is 0 Å². The molecule has 4 aromatic rings. The largest absolute Gasteiger partial charge is 0.309 e. The van der Waals surface area contributed by atoms with E-state index >= 15 is 0 Å². The molecule has 3 aromatic heterocycles. The molecule has 0 fully saturated rings. The van der Waals surface area contributed by atoms with Crippen LogP contribution in [0.15, 0.2) is 47.8 Å². The van der Waals surface area contributed by atoms with Gasteiger partial charge in [-0.3, -0.25) is 14.0 Å². The smallest absolute Gasteiger partial charge is 0.262 e. The molecule has 0 spiro atoms. The maximum Gasteiger partial charge on any atom is 0.262 e. The van der Waals surface area contributed by atoms with Crippen molar-refractivity contribution in [2.45, 2.75) is 50.7 Å². The zero-order chi connectivity index (χ0) is 20.9. The van der Waals surface area contributed by atoms with E-state index in [1.165, 1.54) is 27.1 Å². The van der Waals surface area contributed by atoms with Gasteiger partial charge in [-0.15, -0.1) is 11.3 Å². The Morgan fingerprint density at radius 1 is 1.19 bits per heavy atom. The Morgan fingerprint density at radius 2 is 2.00 bits per heavy atom. The van der Waals surface area contributed by atoms with Gasteiger partial charge >= 0.3 is 0 Å². The van der Waals surface area contributed by atoms with E-state index in [1.807, 2.05) is 28.7 Å². The van der Waals surface area contributed by atoms with Crippen molar-refractivity contribution < 1.29 is 0 Å². The van der Waals surface area contributed by atoms with Crippen LogP contribution < -0.4 is 10.9 Å². The Balaban J connectivity index is 1.25. The first kappa shape index (κ1) is 19.0. The van der Waals surface area contributed by atoms with E-state index in [1.54, 1.807) is 17.7 Å². The van der Waals surface area contributed by atoms with Gasteiger partial charge in [0.05, 0.1) is 17.9 Å². The summed E-state index contributed by atoms with van der Waals surface area (Å²) in [6, 6.07) is 9.12. The maximum absolute atomic E-state index is 13.5. The third-order valence-electron chi connectivity index (χ3n) is 6.77. The van der Waals surface area contributed by atoms with Crippen LogP contribution in [0.25, 0.3) is 10.2 Å². The summed E-state index contributed by atoms with van der Waals surface area (Å²) in [5.41, 5.74) is 5.29. The van der Waals surface area contributed by atoms with Crippen molar-refractivity contribution in [1.29, 1.82) is 0 Å². The monoisotopic (exact) mass is 431 g/mol. The fourth-order valence-electron chi connectivity index (χ4n) is 5.17. The number of nitrogens with zero attached hydrogens (tertiary/aromatic N) is 4. The number of thiophene rings is 1. The first-order valence-electron chi connectivity index (χ1n) is 10.9. The van der Waals surface area contributed by atoms with E-state index in [2.05, 4.69) is 34.7 Å². The van der Waals surface area contributed by atoms with E-state index in [4.69, 9.17) is 4.98 Å². The zero-order valence-corrected chi connectivity index (χ0v) is 18.4. The van der Waals surface area contributed by atoms with Gasteiger partial charge in [-0.1, -0.05) is 24.3 Å². The van der Waals surface area contributed by atoms with Crippen molar-refractivity contribution in [3.63, 3.8) is 0 Å². The molecule has 0 radical (unpaired) electrons. The normalized spacial score (nSPS) is 18.4. The topological polar surface area (TPSA) is 64.7 Å². The van der Waals surface area contributed by atoms with Crippen LogP contribution >= 0.6 is 11.3 Å². The molecule has 6 nitrogen and oxygen atoms in total. The molecule has 6 rings (SSSR count). The zero-order valence-electron chi connectivity index (χ0n) is 17.5. The molecule has 2 aliphatic carbocycles. The van der Waals surface area contributed by atoms with E-state index in [0.717, 1.165) is 48.9 Å². The van der Waals surface area contributed by atoms with Crippen LogP contribution in [-0.2, 0) is 39.3 Å². The summed E-state index contributed by atoms with van der Waals surface area (Å²) in [6.45, 7) is 0.825. The molecule has 1 unspecified atom stereocenters. The minimum absolute atomic E-state index is 0.141. The quantitative estimate of drug-likeness (QED) is 0.539. The Labute approximate surface area is 184 Å². The van der Waals surface area contributed by atoms with Crippen molar-refractivity contribution in [3.05, 3.63) is 80.5 Å². The summed E-state index contributed by atoms with van der Waals surface area (Å²) < 4.78 is 3.73. The van der Waals surface area contributed by atoms with Crippen LogP contribution in [0.1, 0.15) is 39.6 Å². The van der Waals surface area contributed by atoms with Gasteiger partial charge in [-0.05, 0) is 48.8 Å². The van der Waals surface area contributed by atoms with E-state index in [9.17, 15) is 4.79 Å². The second-order valence-corrected chi connectivity index (χ2v) is 9.90. The summed E-state index contributed by atoms with van der Waals surface area (Å²) in [7, 11) is 1.94. The second kappa shape index (κ2) is 7.43. The standard InChI is InChI=1S/C24H25N5OS/c1-28-13-15(12-27-28)11-25-18-6-7-20-21(10-18)31-23-22(20)24(30)29(14-26-23)19-8-16-4-2-3-5-17(16)9-19/h2-5,12-14,18-19,25H,6-11H2,1H3. The molecule has 3 heterocycles. The van der Waals surface area contributed by atoms with Crippen molar-refractivity contribution >= 4 is 21.6 Å². The fourth-order valence-corrected chi connectivity index (χ4v) is 6.43. The summed E-state index contributed by atoms with van der Waals surface area (Å²) in [6.07, 6.45) is 10.5. The predicted octanol–water partition coefficient (Wildman–Crippen LogP) is 3.18. The average molecular weight is 432 g/mol. The number of hydrogen-bond acceptors (Lipinski definition) is 5. The van der Waals surface area contributed by atoms with Crippen LogP contribution in [0, 0.1) is 0 Å². The lowest BCUT2D eigenvalue weighted by molar-refractivity contribution is 0.462. The number of rotatable bonds is 4. The Bertz CT molecular complexity index is 1310. The highest BCUT2D eigenvalue weighted by Crippen LogP contribution is 2.35. The lowest BCUT2D eigenvalue weighted by atomic mass is 9.93. The average Bonchev–Trinajstić information content (AvgIpc) is 3.48. The summed E-state index contributed by atoms with van der Waals surface area (Å²) in [5.74, 6) is 0. The molecule has 0 saturated heterocycles. The highest BCUT2D eigenvalue weighted by molar-refractivity contribution is 7.18. The van der Waals surface area contributed by atoms with E-state index in [-0.39, 0.29) is 11.6 Å². The van der Waals surface area contributed by atoms with Gasteiger partial charge in [0.2, 0.25) is 0 Å². The SMILES string of the molecule is Cn1cc(CNC2CCc3c(sc4ncn(C5Cc6ccccc6C5)c(=O)c34)C2)cn1. The number of aryl methyl sites for hydroxylation is 2. The molecule has 0 bridgehead atoms. The molecular formula is C24H25N5OS. The lowest BCUT2D eigenvalue weighted by Gasteiger charge is -2.23. The second-order valence-electron chi connectivity index (χ2n) is 8.81. The molecule has 0 saturated carbocycles. The van der Waals surface area contributed by atoms with Crippen molar-refractivity contribution in [3.8, 4) is 0 Å². The molecule has 1 N–H and O–H groups in total. The van der Waals surface area contributed by atoms with Crippen LogP contribution in [0.3, 0.4) is 0 Å². The number of nitrogens with one attached hydrogen (secondary N) is 1. The molecule has 31 heavy (non-hydrogen) atoms. The minimum Gasteiger partial charge on any atom is -0.309 e. The Morgan fingerprint density at radius 3 is 2.74 bits per heavy atom. The molecule has 2 aliphatic rings. The van der Waals surface area contributed by atoms with Gasteiger partial charge in [0.1, 0.15) is 4.83 Å².